The van der Waals surface area contributed by atoms with Crippen LogP contribution >= 0.6 is 12.4 Å². The molecule has 0 aromatic carbocycles. The number of hydrogen-bond donors (Lipinski definition) is 2. The normalized spacial score (nSPS) is 11.8. The quantitative estimate of drug-likeness (QED) is 0.690. The Kier molecular flexibility index (Phi) is 8.28. The van der Waals surface area contributed by atoms with Crippen molar-refractivity contribution < 1.29 is 9.59 Å². The summed E-state index contributed by atoms with van der Waals surface area (Å²) in [6.07, 6.45) is 0. The van der Waals surface area contributed by atoms with Crippen molar-refractivity contribution in [1.82, 2.24) is 4.90 Å². The molecule has 15 heavy (non-hydrogen) atoms. The summed E-state index contributed by atoms with van der Waals surface area (Å²) in [4.78, 5) is 23.6. The molecule has 2 amide bonds. The third-order valence-corrected chi connectivity index (χ3v) is 1.63. The van der Waals surface area contributed by atoms with Gasteiger partial charge in [0.15, 0.2) is 0 Å². The topological polar surface area (TPSA) is 89.4 Å². The lowest BCUT2D eigenvalue weighted by Gasteiger charge is -2.24. The van der Waals surface area contributed by atoms with Gasteiger partial charge in [-0.15, -0.1) is 12.4 Å². The van der Waals surface area contributed by atoms with E-state index in [-0.39, 0.29) is 30.8 Å². The van der Waals surface area contributed by atoms with Gasteiger partial charge in [0, 0.05) is 6.54 Å². The van der Waals surface area contributed by atoms with E-state index in [2.05, 4.69) is 0 Å². The molecule has 5 nitrogen and oxygen atoms in total. The fraction of sp³-hybridized carbons (Fsp3) is 0.778. The van der Waals surface area contributed by atoms with Crippen LogP contribution in [-0.2, 0) is 9.59 Å². The number of rotatable bonds is 5. The van der Waals surface area contributed by atoms with Crippen LogP contribution in [0.2, 0.25) is 0 Å². The molecular weight excluding hydrogens is 218 g/mol. The molecule has 1 atom stereocenters. The van der Waals surface area contributed by atoms with Gasteiger partial charge in [0.25, 0.3) is 0 Å². The summed E-state index contributed by atoms with van der Waals surface area (Å²) in [6.45, 7) is 5.96. The van der Waals surface area contributed by atoms with Gasteiger partial charge in [0.05, 0.1) is 12.6 Å². The third-order valence-electron chi connectivity index (χ3n) is 1.63. The Morgan fingerprint density at radius 1 is 1.27 bits per heavy atom. The summed E-state index contributed by atoms with van der Waals surface area (Å²) in [5.74, 6) is -0.464. The largest absolute Gasteiger partial charge is 0.368 e. The van der Waals surface area contributed by atoms with Crippen LogP contribution in [0, 0.1) is 5.92 Å². The van der Waals surface area contributed by atoms with Gasteiger partial charge >= 0.3 is 0 Å². The maximum absolute atomic E-state index is 11.5. The third kappa shape index (κ3) is 7.16. The Bertz CT molecular complexity index is 219. The van der Waals surface area contributed by atoms with E-state index in [1.54, 1.807) is 6.92 Å². The van der Waals surface area contributed by atoms with Gasteiger partial charge in [-0.2, -0.15) is 0 Å². The second kappa shape index (κ2) is 7.48. The van der Waals surface area contributed by atoms with E-state index in [1.165, 1.54) is 4.90 Å². The van der Waals surface area contributed by atoms with Crippen molar-refractivity contribution in [2.45, 2.75) is 26.8 Å². The molecule has 4 N–H and O–H groups in total. The zero-order valence-electron chi connectivity index (χ0n) is 9.40. The van der Waals surface area contributed by atoms with Crippen molar-refractivity contribution in [3.05, 3.63) is 0 Å². The highest BCUT2D eigenvalue weighted by molar-refractivity contribution is 5.86. The molecule has 0 aromatic heterocycles. The Balaban J connectivity index is 0. The SMILES string of the molecule is CC(C)CN(CC(N)=O)C(=O)C(C)N.Cl. The number of amides is 2. The number of carbonyl (C=O) groups excluding carboxylic acids is 2. The minimum Gasteiger partial charge on any atom is -0.368 e. The Morgan fingerprint density at radius 2 is 1.73 bits per heavy atom. The molecular formula is C9H20ClN3O2. The lowest BCUT2D eigenvalue weighted by Crippen LogP contribution is -2.47. The van der Waals surface area contributed by atoms with E-state index in [9.17, 15) is 9.59 Å². The maximum Gasteiger partial charge on any atom is 0.239 e. The van der Waals surface area contributed by atoms with Gasteiger partial charge in [-0.3, -0.25) is 9.59 Å². The van der Waals surface area contributed by atoms with E-state index in [1.807, 2.05) is 13.8 Å². The lowest BCUT2D eigenvalue weighted by atomic mass is 10.2. The summed E-state index contributed by atoms with van der Waals surface area (Å²) in [5.41, 5.74) is 10.5. The van der Waals surface area contributed by atoms with E-state index in [4.69, 9.17) is 11.5 Å². The van der Waals surface area contributed by atoms with Gasteiger partial charge in [-0.05, 0) is 12.8 Å². The number of halogens is 1. The van der Waals surface area contributed by atoms with Crippen molar-refractivity contribution >= 4 is 24.2 Å². The van der Waals surface area contributed by atoms with Crippen LogP contribution in [0.25, 0.3) is 0 Å². The second-order valence-corrected chi connectivity index (χ2v) is 3.87. The fourth-order valence-corrected chi connectivity index (χ4v) is 1.15. The van der Waals surface area contributed by atoms with Gasteiger partial charge in [0.2, 0.25) is 11.8 Å². The minimum absolute atomic E-state index is 0. The standard InChI is InChI=1S/C9H19N3O2.ClH/c1-6(2)4-12(5-8(11)13)9(14)7(3)10;/h6-7H,4-5,10H2,1-3H3,(H2,11,13);1H. The minimum atomic E-state index is -0.590. The molecule has 6 heteroatoms. The number of nitrogens with two attached hydrogens (primary N) is 2. The average Bonchev–Trinajstić information content (AvgIpc) is 1.99. The second-order valence-electron chi connectivity index (χ2n) is 3.87. The lowest BCUT2D eigenvalue weighted by molar-refractivity contribution is -0.136. The molecule has 0 radical (unpaired) electrons. The molecule has 90 valence electrons. The van der Waals surface area contributed by atoms with E-state index in [0.29, 0.717) is 6.54 Å². The highest BCUT2D eigenvalue weighted by Gasteiger charge is 2.19. The number of nitrogens with zero attached hydrogens (tertiary/aromatic N) is 1. The van der Waals surface area contributed by atoms with Gasteiger partial charge in [-0.25, -0.2) is 0 Å². The van der Waals surface area contributed by atoms with Crippen LogP contribution in [0.5, 0.6) is 0 Å². The van der Waals surface area contributed by atoms with Gasteiger partial charge < -0.3 is 16.4 Å². The van der Waals surface area contributed by atoms with Crippen molar-refractivity contribution in [1.29, 1.82) is 0 Å². The molecule has 0 spiro atoms. The first-order chi connectivity index (χ1) is 6.34. The molecule has 0 bridgehead atoms. The molecule has 0 saturated carbocycles. The molecule has 0 aliphatic heterocycles. The first-order valence-corrected chi connectivity index (χ1v) is 4.67. The molecule has 0 saturated heterocycles. The Labute approximate surface area is 96.6 Å². The molecule has 0 aliphatic rings. The van der Waals surface area contributed by atoms with Crippen molar-refractivity contribution in [2.24, 2.45) is 17.4 Å². The monoisotopic (exact) mass is 237 g/mol. The van der Waals surface area contributed by atoms with Crippen molar-refractivity contribution in [3.8, 4) is 0 Å². The number of carbonyl (C=O) groups is 2. The van der Waals surface area contributed by atoms with Crippen LogP contribution in [0.1, 0.15) is 20.8 Å². The summed E-state index contributed by atoms with van der Waals surface area (Å²) in [5, 5.41) is 0. The summed E-state index contributed by atoms with van der Waals surface area (Å²) in [6, 6.07) is -0.590. The highest BCUT2D eigenvalue weighted by atomic mass is 35.5. The molecule has 0 aromatic rings. The van der Waals surface area contributed by atoms with Crippen LogP contribution in [0.4, 0.5) is 0 Å². The number of primary amides is 1. The first kappa shape index (κ1) is 16.6. The summed E-state index contributed by atoms with van der Waals surface area (Å²) >= 11 is 0. The zero-order chi connectivity index (χ0) is 11.3. The van der Waals surface area contributed by atoms with Crippen molar-refractivity contribution in [2.75, 3.05) is 13.1 Å². The summed E-state index contributed by atoms with van der Waals surface area (Å²) < 4.78 is 0. The van der Waals surface area contributed by atoms with Crippen LogP contribution in [0.15, 0.2) is 0 Å². The van der Waals surface area contributed by atoms with Gasteiger partial charge in [-0.1, -0.05) is 13.8 Å². The Morgan fingerprint density at radius 3 is 2.00 bits per heavy atom. The van der Waals surface area contributed by atoms with Crippen LogP contribution < -0.4 is 11.5 Å². The molecule has 0 aliphatic carbocycles. The zero-order valence-corrected chi connectivity index (χ0v) is 10.2. The predicted octanol–water partition coefficient (Wildman–Crippen LogP) is -0.275. The fourth-order valence-electron chi connectivity index (χ4n) is 1.15. The average molecular weight is 238 g/mol. The molecule has 0 fully saturated rings. The predicted molar refractivity (Wildman–Crippen MR) is 61.5 cm³/mol. The van der Waals surface area contributed by atoms with Crippen LogP contribution in [-0.4, -0.2) is 35.8 Å². The molecule has 0 rings (SSSR count). The molecule has 0 heterocycles. The summed E-state index contributed by atoms with van der Waals surface area (Å²) in [7, 11) is 0. The van der Waals surface area contributed by atoms with E-state index in [0.717, 1.165) is 0 Å². The van der Waals surface area contributed by atoms with Gasteiger partial charge in [0.1, 0.15) is 0 Å². The van der Waals surface area contributed by atoms with Crippen molar-refractivity contribution in [3.63, 3.8) is 0 Å². The highest BCUT2D eigenvalue weighted by Crippen LogP contribution is 2.00. The van der Waals surface area contributed by atoms with E-state index >= 15 is 0 Å². The maximum atomic E-state index is 11.5. The first-order valence-electron chi connectivity index (χ1n) is 4.67. The smallest absolute Gasteiger partial charge is 0.239 e. The molecule has 1 unspecified atom stereocenters. The Hall–Kier alpha value is -0.810. The van der Waals surface area contributed by atoms with E-state index < -0.39 is 11.9 Å². The van der Waals surface area contributed by atoms with Crippen LogP contribution in [0.3, 0.4) is 0 Å². The number of hydrogen-bond acceptors (Lipinski definition) is 3.